The first kappa shape index (κ1) is 11.7. The molecule has 1 unspecified atom stereocenters. The average Bonchev–Trinajstić information content (AvgIpc) is 2.19. The van der Waals surface area contributed by atoms with E-state index in [2.05, 4.69) is 13.0 Å². The first-order valence-electron chi connectivity index (χ1n) is 4.64. The maximum Gasteiger partial charge on any atom is 0.127 e. The molecule has 0 amide bonds. The van der Waals surface area contributed by atoms with E-state index in [-0.39, 0.29) is 9.90 Å². The Morgan fingerprint density at radius 1 is 0.800 bits per heavy atom. The monoisotopic (exact) mass is 218 g/mol. The molecule has 0 bridgehead atoms. The van der Waals surface area contributed by atoms with Crippen molar-refractivity contribution in [1.82, 2.24) is 0 Å². The van der Waals surface area contributed by atoms with Crippen LogP contribution in [0.5, 0.6) is 11.5 Å². The van der Waals surface area contributed by atoms with Gasteiger partial charge in [0.05, 0.1) is 0 Å². The third-order valence-electron chi connectivity index (χ3n) is 1.97. The summed E-state index contributed by atoms with van der Waals surface area (Å²) in [6.07, 6.45) is 0. The molecule has 0 fully saturated rings. The van der Waals surface area contributed by atoms with E-state index in [0.29, 0.717) is 0 Å². The largest absolute Gasteiger partial charge is 0.457 e. The Labute approximate surface area is 93.7 Å². The molecule has 2 aromatic carbocycles. The van der Waals surface area contributed by atoms with Gasteiger partial charge in [-0.2, -0.15) is 9.90 Å². The third kappa shape index (κ3) is 3.38. The quantitative estimate of drug-likeness (QED) is 0.696. The highest BCUT2D eigenvalue weighted by molar-refractivity contribution is 6.92. The normalized spacial score (nSPS) is 9.13. The zero-order chi connectivity index (χ0) is 9.80. The van der Waals surface area contributed by atoms with Crippen LogP contribution in [0.3, 0.4) is 0 Å². The Kier molecular flexibility index (Phi) is 4.33. The van der Waals surface area contributed by atoms with Crippen molar-refractivity contribution in [2.24, 2.45) is 0 Å². The summed E-state index contributed by atoms with van der Waals surface area (Å²) < 4.78 is 5.66. The molecule has 2 heteroatoms. The van der Waals surface area contributed by atoms with E-state index in [1.54, 1.807) is 0 Å². The molecule has 0 aliphatic heterocycles. The maximum atomic E-state index is 5.66. The molecule has 0 radical (unpaired) electrons. The van der Waals surface area contributed by atoms with Crippen molar-refractivity contribution in [3.05, 3.63) is 60.2 Å². The fraction of sp³-hybridized carbons (Fsp3) is 0.0769. The summed E-state index contributed by atoms with van der Waals surface area (Å²) in [5.41, 5.74) is 1.21. The molecule has 2 aromatic rings. The van der Waals surface area contributed by atoms with Crippen molar-refractivity contribution in [1.29, 1.82) is 0 Å². The highest BCUT2D eigenvalue weighted by atomic mass is 31.0. The molecule has 15 heavy (non-hydrogen) atoms. The summed E-state index contributed by atoms with van der Waals surface area (Å²) >= 11 is 0. The minimum atomic E-state index is 0. The van der Waals surface area contributed by atoms with Gasteiger partial charge in [0.25, 0.3) is 0 Å². The standard InChI is InChI=1S/C13H12O.H3P/c1-11-6-5-9-13(10-11)14-12-7-3-2-4-8-12;/h2-10H,1H3;1H3. The van der Waals surface area contributed by atoms with E-state index in [9.17, 15) is 0 Å². The Morgan fingerprint density at radius 2 is 1.47 bits per heavy atom. The lowest BCUT2D eigenvalue weighted by Crippen LogP contribution is -1.83. The second kappa shape index (κ2) is 5.53. The van der Waals surface area contributed by atoms with Crippen molar-refractivity contribution in [3.8, 4) is 11.5 Å². The summed E-state index contributed by atoms with van der Waals surface area (Å²) in [5.74, 6) is 1.76. The van der Waals surface area contributed by atoms with E-state index in [4.69, 9.17) is 4.74 Å². The molecule has 0 aliphatic carbocycles. The Morgan fingerprint density at radius 3 is 2.13 bits per heavy atom. The maximum absolute atomic E-state index is 5.66. The third-order valence-corrected chi connectivity index (χ3v) is 1.97. The minimum absolute atomic E-state index is 0. The topological polar surface area (TPSA) is 9.23 Å². The Balaban J connectivity index is 0.00000112. The highest BCUT2D eigenvalue weighted by Gasteiger charge is 1.95. The van der Waals surface area contributed by atoms with Crippen molar-refractivity contribution < 1.29 is 4.74 Å². The van der Waals surface area contributed by atoms with Gasteiger partial charge in [0, 0.05) is 0 Å². The molecule has 0 heterocycles. The van der Waals surface area contributed by atoms with Crippen LogP contribution in [-0.4, -0.2) is 0 Å². The van der Waals surface area contributed by atoms with Crippen LogP contribution in [0.15, 0.2) is 54.6 Å². The van der Waals surface area contributed by atoms with Gasteiger partial charge in [0.15, 0.2) is 0 Å². The van der Waals surface area contributed by atoms with Crippen LogP contribution in [0, 0.1) is 6.92 Å². The van der Waals surface area contributed by atoms with Crippen molar-refractivity contribution in [3.63, 3.8) is 0 Å². The summed E-state index contributed by atoms with van der Waals surface area (Å²) in [7, 11) is 0. The van der Waals surface area contributed by atoms with Crippen LogP contribution < -0.4 is 4.74 Å². The van der Waals surface area contributed by atoms with Crippen molar-refractivity contribution in [2.75, 3.05) is 0 Å². The second-order valence-electron chi connectivity index (χ2n) is 3.23. The van der Waals surface area contributed by atoms with Crippen LogP contribution in [0.25, 0.3) is 0 Å². The van der Waals surface area contributed by atoms with Crippen LogP contribution in [0.1, 0.15) is 5.56 Å². The predicted molar refractivity (Wildman–Crippen MR) is 68.8 cm³/mol. The first-order chi connectivity index (χ1) is 6.84. The van der Waals surface area contributed by atoms with Gasteiger partial charge < -0.3 is 4.74 Å². The second-order valence-corrected chi connectivity index (χ2v) is 3.23. The zero-order valence-electron chi connectivity index (χ0n) is 8.81. The van der Waals surface area contributed by atoms with Crippen LogP contribution in [0.2, 0.25) is 0 Å². The average molecular weight is 218 g/mol. The number of rotatable bonds is 2. The smallest absolute Gasteiger partial charge is 0.127 e. The van der Waals surface area contributed by atoms with E-state index in [1.807, 2.05) is 48.5 Å². The van der Waals surface area contributed by atoms with Crippen molar-refractivity contribution >= 4 is 9.90 Å². The lowest BCUT2D eigenvalue weighted by Gasteiger charge is -2.05. The van der Waals surface area contributed by atoms with Gasteiger partial charge in [-0.25, -0.2) is 0 Å². The molecular formula is C13H15OP. The molecule has 1 nitrogen and oxygen atoms in total. The number of ether oxygens (including phenoxy) is 1. The predicted octanol–water partition coefficient (Wildman–Crippen LogP) is 3.85. The SMILES string of the molecule is Cc1cccc(Oc2ccccc2)c1.P. The van der Waals surface area contributed by atoms with E-state index in [1.165, 1.54) is 5.56 Å². The van der Waals surface area contributed by atoms with Gasteiger partial charge >= 0.3 is 0 Å². The minimum Gasteiger partial charge on any atom is -0.457 e. The molecule has 2 rings (SSSR count). The first-order valence-corrected chi connectivity index (χ1v) is 4.64. The van der Waals surface area contributed by atoms with Gasteiger partial charge in [-0.1, -0.05) is 30.3 Å². The zero-order valence-corrected chi connectivity index (χ0v) is 10.2. The van der Waals surface area contributed by atoms with Crippen LogP contribution in [-0.2, 0) is 0 Å². The van der Waals surface area contributed by atoms with E-state index < -0.39 is 0 Å². The van der Waals surface area contributed by atoms with Crippen LogP contribution in [0.4, 0.5) is 0 Å². The Bertz CT molecular complexity index is 412. The van der Waals surface area contributed by atoms with E-state index in [0.717, 1.165) is 11.5 Å². The van der Waals surface area contributed by atoms with Gasteiger partial charge in [-0.05, 0) is 36.8 Å². The Hall–Kier alpha value is -1.33. The van der Waals surface area contributed by atoms with Crippen LogP contribution >= 0.6 is 9.90 Å². The number of benzene rings is 2. The molecule has 0 saturated carbocycles. The van der Waals surface area contributed by atoms with E-state index >= 15 is 0 Å². The summed E-state index contributed by atoms with van der Waals surface area (Å²) in [6, 6.07) is 17.8. The van der Waals surface area contributed by atoms with Gasteiger partial charge in [0.2, 0.25) is 0 Å². The fourth-order valence-corrected chi connectivity index (χ4v) is 1.30. The summed E-state index contributed by atoms with van der Waals surface area (Å²) in [6.45, 7) is 2.05. The molecule has 0 spiro atoms. The number of hydrogen-bond acceptors (Lipinski definition) is 1. The lowest BCUT2D eigenvalue weighted by molar-refractivity contribution is 0.482. The van der Waals surface area contributed by atoms with Gasteiger partial charge in [0.1, 0.15) is 11.5 Å². The molecule has 1 atom stereocenters. The summed E-state index contributed by atoms with van der Waals surface area (Å²) in [5, 5.41) is 0. The lowest BCUT2D eigenvalue weighted by atomic mass is 10.2. The molecule has 78 valence electrons. The number of hydrogen-bond donors (Lipinski definition) is 0. The number of para-hydroxylation sites is 1. The molecular weight excluding hydrogens is 203 g/mol. The van der Waals surface area contributed by atoms with Gasteiger partial charge in [-0.3, -0.25) is 0 Å². The fourth-order valence-electron chi connectivity index (χ4n) is 1.30. The molecule has 0 N–H and O–H groups in total. The molecule has 0 saturated heterocycles. The molecule has 0 aromatic heterocycles. The number of aryl methyl sites for hydroxylation is 1. The van der Waals surface area contributed by atoms with Gasteiger partial charge in [-0.15, -0.1) is 0 Å². The highest BCUT2D eigenvalue weighted by Crippen LogP contribution is 2.21. The molecule has 0 aliphatic rings. The van der Waals surface area contributed by atoms with Crippen molar-refractivity contribution in [2.45, 2.75) is 6.92 Å². The summed E-state index contributed by atoms with van der Waals surface area (Å²) in [4.78, 5) is 0.